The van der Waals surface area contributed by atoms with Crippen LogP contribution in [0.1, 0.15) is 48.6 Å². The molecule has 0 aromatic heterocycles. The summed E-state index contributed by atoms with van der Waals surface area (Å²) in [7, 11) is -3.88. The molecule has 0 bridgehead atoms. The number of rotatable bonds is 5. The van der Waals surface area contributed by atoms with Crippen molar-refractivity contribution in [3.05, 3.63) is 141 Å². The molecule has 0 saturated heterocycles. The highest BCUT2D eigenvalue weighted by Gasteiger charge is 2.48. The molecule has 1 aliphatic rings. The van der Waals surface area contributed by atoms with Gasteiger partial charge in [0.1, 0.15) is 5.54 Å². The molecule has 0 amide bonds. The van der Waals surface area contributed by atoms with Crippen LogP contribution in [0.2, 0.25) is 0 Å². The summed E-state index contributed by atoms with van der Waals surface area (Å²) in [6.07, 6.45) is 0. The van der Waals surface area contributed by atoms with Crippen molar-refractivity contribution in [1.82, 2.24) is 4.72 Å². The third kappa shape index (κ3) is 4.23. The number of fused-ring (bicyclic) bond motifs is 1. The average molecular weight is 606 g/mol. The standard InChI is InChI=1S/C31H28INO2S/c1-30(2,3)23-18-20-25(21-19-23)36(34,35)33-31(24-14-8-5-9-15-24)27-17-11-10-16-26(27)28(29(31)32)22-12-6-4-7-13-22/h4-21,33H,1-3H3. The number of sulfonamides is 1. The fourth-order valence-corrected chi connectivity index (χ4v) is 7.73. The van der Waals surface area contributed by atoms with Crippen LogP contribution in [0.15, 0.2) is 118 Å². The molecule has 1 unspecified atom stereocenters. The van der Waals surface area contributed by atoms with Crippen molar-refractivity contribution < 1.29 is 8.42 Å². The van der Waals surface area contributed by atoms with Gasteiger partial charge in [0.05, 0.1) is 4.90 Å². The number of hydrogen-bond donors (Lipinski definition) is 1. The summed E-state index contributed by atoms with van der Waals surface area (Å²) in [4.78, 5) is 0.251. The Balaban J connectivity index is 1.74. The molecule has 0 heterocycles. The van der Waals surface area contributed by atoms with Crippen molar-refractivity contribution in [3.63, 3.8) is 0 Å². The second kappa shape index (κ2) is 9.29. The van der Waals surface area contributed by atoms with Crippen LogP contribution in [0.25, 0.3) is 5.57 Å². The van der Waals surface area contributed by atoms with Crippen LogP contribution < -0.4 is 4.72 Å². The highest BCUT2D eigenvalue weighted by Crippen LogP contribution is 2.54. The van der Waals surface area contributed by atoms with Crippen molar-refractivity contribution in [2.75, 3.05) is 0 Å². The van der Waals surface area contributed by atoms with Crippen LogP contribution >= 0.6 is 22.6 Å². The maximum atomic E-state index is 14.0. The van der Waals surface area contributed by atoms with E-state index in [1.807, 2.05) is 78.9 Å². The van der Waals surface area contributed by atoms with Gasteiger partial charge in [-0.1, -0.05) is 118 Å². The van der Waals surface area contributed by atoms with E-state index in [0.717, 1.165) is 37.0 Å². The van der Waals surface area contributed by atoms with Gasteiger partial charge in [0.2, 0.25) is 10.0 Å². The van der Waals surface area contributed by atoms with Crippen LogP contribution in [0.5, 0.6) is 0 Å². The zero-order valence-corrected chi connectivity index (χ0v) is 23.5. The largest absolute Gasteiger partial charge is 0.241 e. The van der Waals surface area contributed by atoms with E-state index in [1.54, 1.807) is 12.1 Å². The normalized spacial score (nSPS) is 17.8. The lowest BCUT2D eigenvalue weighted by atomic mass is 9.86. The lowest BCUT2D eigenvalue weighted by Crippen LogP contribution is -2.46. The first-order valence-corrected chi connectivity index (χ1v) is 14.5. The predicted octanol–water partition coefficient (Wildman–Crippen LogP) is 7.41. The molecule has 0 aliphatic heterocycles. The molecular weight excluding hydrogens is 577 g/mol. The summed E-state index contributed by atoms with van der Waals surface area (Å²) in [6.45, 7) is 6.35. The highest BCUT2D eigenvalue weighted by molar-refractivity contribution is 14.1. The van der Waals surface area contributed by atoms with Gasteiger partial charge in [-0.25, -0.2) is 8.42 Å². The molecule has 0 radical (unpaired) electrons. The van der Waals surface area contributed by atoms with E-state index in [-0.39, 0.29) is 10.3 Å². The maximum Gasteiger partial charge on any atom is 0.241 e. The molecule has 3 nitrogen and oxygen atoms in total. The average Bonchev–Trinajstić information content (AvgIpc) is 3.12. The minimum atomic E-state index is -3.88. The van der Waals surface area contributed by atoms with Gasteiger partial charge in [-0.15, -0.1) is 0 Å². The lowest BCUT2D eigenvalue weighted by molar-refractivity contribution is 0.539. The minimum absolute atomic E-state index is 0.0614. The van der Waals surface area contributed by atoms with Gasteiger partial charge >= 0.3 is 0 Å². The van der Waals surface area contributed by atoms with Gasteiger partial charge in [0, 0.05) is 9.15 Å². The third-order valence-electron chi connectivity index (χ3n) is 6.74. The van der Waals surface area contributed by atoms with E-state index in [0.29, 0.717) is 0 Å². The highest BCUT2D eigenvalue weighted by atomic mass is 127. The molecule has 0 spiro atoms. The molecule has 4 aromatic rings. The molecular formula is C31H28INO2S. The summed E-state index contributed by atoms with van der Waals surface area (Å²) in [6, 6.07) is 35.3. The van der Waals surface area contributed by atoms with Crippen molar-refractivity contribution in [2.45, 2.75) is 36.6 Å². The SMILES string of the molecule is CC(C)(C)c1ccc(S(=O)(=O)NC2(c3ccccc3)C(I)=C(c3ccccc3)c3ccccc32)cc1. The molecule has 5 heteroatoms. The van der Waals surface area contributed by atoms with E-state index in [9.17, 15) is 8.42 Å². The Hall–Kier alpha value is -2.74. The van der Waals surface area contributed by atoms with Crippen LogP contribution in [-0.4, -0.2) is 8.42 Å². The molecule has 36 heavy (non-hydrogen) atoms. The Morgan fingerprint density at radius 3 is 1.89 bits per heavy atom. The topological polar surface area (TPSA) is 46.2 Å². The molecule has 0 saturated carbocycles. The number of benzene rings is 4. The summed E-state index contributed by atoms with van der Waals surface area (Å²) in [5.74, 6) is 0. The Morgan fingerprint density at radius 2 is 1.28 bits per heavy atom. The van der Waals surface area contributed by atoms with E-state index < -0.39 is 15.6 Å². The molecule has 0 fully saturated rings. The van der Waals surface area contributed by atoms with E-state index >= 15 is 0 Å². The predicted molar refractivity (Wildman–Crippen MR) is 156 cm³/mol. The van der Waals surface area contributed by atoms with E-state index in [1.165, 1.54) is 0 Å². The molecule has 182 valence electrons. The van der Waals surface area contributed by atoms with Crippen molar-refractivity contribution in [3.8, 4) is 0 Å². The second-order valence-corrected chi connectivity index (χ2v) is 12.9. The van der Waals surface area contributed by atoms with Crippen molar-refractivity contribution in [2.24, 2.45) is 0 Å². The zero-order chi connectivity index (χ0) is 25.6. The van der Waals surface area contributed by atoms with E-state index in [4.69, 9.17) is 0 Å². The van der Waals surface area contributed by atoms with Crippen molar-refractivity contribution >= 4 is 38.2 Å². The van der Waals surface area contributed by atoms with Crippen LogP contribution in [0.3, 0.4) is 0 Å². The summed E-state index contributed by atoms with van der Waals surface area (Å²) >= 11 is 2.34. The molecule has 5 rings (SSSR count). The van der Waals surface area contributed by atoms with Crippen molar-refractivity contribution in [1.29, 1.82) is 0 Å². The fraction of sp³-hybridized carbons (Fsp3) is 0.161. The van der Waals surface area contributed by atoms with Gasteiger partial charge < -0.3 is 0 Å². The van der Waals surface area contributed by atoms with E-state index in [2.05, 4.69) is 66.3 Å². The Labute approximate surface area is 227 Å². The van der Waals surface area contributed by atoms with Crippen LogP contribution in [-0.2, 0) is 21.0 Å². The van der Waals surface area contributed by atoms with Gasteiger partial charge in [-0.3, -0.25) is 0 Å². The lowest BCUT2D eigenvalue weighted by Gasteiger charge is -2.33. The number of halogens is 1. The van der Waals surface area contributed by atoms with Crippen LogP contribution in [0.4, 0.5) is 0 Å². The first kappa shape index (κ1) is 24.9. The molecule has 4 aromatic carbocycles. The summed E-state index contributed by atoms with van der Waals surface area (Å²) < 4.78 is 32.1. The molecule has 1 aliphatic carbocycles. The Kier molecular flexibility index (Phi) is 6.43. The maximum absolute atomic E-state index is 14.0. The summed E-state index contributed by atoms with van der Waals surface area (Å²) in [5.41, 5.74) is 4.91. The van der Waals surface area contributed by atoms with Gasteiger partial charge in [-0.2, -0.15) is 4.72 Å². The number of hydrogen-bond acceptors (Lipinski definition) is 2. The first-order valence-electron chi connectivity index (χ1n) is 11.9. The molecule has 1 atom stereocenters. The van der Waals surface area contributed by atoms with Gasteiger partial charge in [-0.05, 0) is 68.0 Å². The fourth-order valence-electron chi connectivity index (χ4n) is 4.86. The van der Waals surface area contributed by atoms with Gasteiger partial charge in [0.25, 0.3) is 0 Å². The second-order valence-electron chi connectivity index (χ2n) is 10.1. The third-order valence-corrected chi connectivity index (χ3v) is 9.55. The monoisotopic (exact) mass is 605 g/mol. The van der Waals surface area contributed by atoms with Gasteiger partial charge in [0.15, 0.2) is 0 Å². The summed E-state index contributed by atoms with van der Waals surface area (Å²) in [5, 5.41) is 0. The quantitative estimate of drug-likeness (QED) is 0.241. The zero-order valence-electron chi connectivity index (χ0n) is 20.5. The Bertz CT molecular complexity index is 1540. The Morgan fingerprint density at radius 1 is 0.722 bits per heavy atom. The smallest absolute Gasteiger partial charge is 0.207 e. The molecule has 1 N–H and O–H groups in total. The number of nitrogens with one attached hydrogen (secondary N) is 1. The first-order chi connectivity index (χ1) is 17.1. The minimum Gasteiger partial charge on any atom is -0.207 e. The van der Waals surface area contributed by atoms with Crippen LogP contribution in [0, 0.1) is 0 Å².